The van der Waals surface area contributed by atoms with Crippen LogP contribution in [-0.4, -0.2) is 17.5 Å². The van der Waals surface area contributed by atoms with Crippen molar-refractivity contribution in [3.8, 4) is 0 Å². The van der Waals surface area contributed by atoms with Gasteiger partial charge in [-0.05, 0) is 12.1 Å². The topological polar surface area (TPSA) is 38.9 Å². The van der Waals surface area contributed by atoms with E-state index in [2.05, 4.69) is 4.98 Å². The monoisotopic (exact) mass is 256 g/mol. The van der Waals surface area contributed by atoms with E-state index in [0.717, 1.165) is 5.39 Å². The predicted molar refractivity (Wildman–Crippen MR) is 64.5 cm³/mol. The molecular formula is C12H11ClF2N2. The van der Waals surface area contributed by atoms with Gasteiger partial charge in [-0.1, -0.05) is 23.7 Å². The van der Waals surface area contributed by atoms with Gasteiger partial charge in [0.15, 0.2) is 0 Å². The van der Waals surface area contributed by atoms with E-state index in [4.69, 9.17) is 17.3 Å². The molecule has 0 amide bonds. The van der Waals surface area contributed by atoms with E-state index in [9.17, 15) is 8.78 Å². The number of aromatic nitrogens is 1. The van der Waals surface area contributed by atoms with Crippen LogP contribution in [0.5, 0.6) is 0 Å². The van der Waals surface area contributed by atoms with E-state index in [1.54, 1.807) is 24.4 Å². The van der Waals surface area contributed by atoms with Crippen molar-refractivity contribution in [3.63, 3.8) is 0 Å². The fourth-order valence-electron chi connectivity index (χ4n) is 1.68. The molecule has 2 aromatic rings. The molecular weight excluding hydrogens is 246 g/mol. The van der Waals surface area contributed by atoms with Crippen LogP contribution in [0.3, 0.4) is 0 Å². The minimum atomic E-state index is -2.96. The molecule has 0 aliphatic rings. The van der Waals surface area contributed by atoms with Gasteiger partial charge in [-0.3, -0.25) is 4.98 Å². The molecule has 2 rings (SSSR count). The first-order valence-corrected chi connectivity index (χ1v) is 5.51. The zero-order chi connectivity index (χ0) is 12.5. The fourth-order valence-corrected chi connectivity index (χ4v) is 1.90. The van der Waals surface area contributed by atoms with Crippen LogP contribution in [0.2, 0.25) is 5.02 Å². The first kappa shape index (κ1) is 12.2. The van der Waals surface area contributed by atoms with Crippen LogP contribution >= 0.6 is 11.6 Å². The molecule has 0 aliphatic carbocycles. The Balaban J connectivity index is 2.55. The lowest BCUT2D eigenvalue weighted by atomic mass is 10.0. The molecule has 0 atom stereocenters. The number of nitrogens with zero attached hydrogens (tertiary/aromatic N) is 1. The summed E-state index contributed by atoms with van der Waals surface area (Å²) in [4.78, 5) is 4.10. The maximum absolute atomic E-state index is 13.3. The number of alkyl halides is 2. The number of fused-ring (bicyclic) bond motifs is 1. The van der Waals surface area contributed by atoms with Crippen molar-refractivity contribution >= 4 is 22.5 Å². The largest absolute Gasteiger partial charge is 0.325 e. The molecule has 1 heterocycles. The molecule has 17 heavy (non-hydrogen) atoms. The van der Waals surface area contributed by atoms with Gasteiger partial charge in [-0.2, -0.15) is 0 Å². The molecule has 1 aromatic carbocycles. The maximum Gasteiger partial charge on any atom is 0.264 e. The Bertz CT molecular complexity index is 543. The second-order valence-electron chi connectivity index (χ2n) is 3.84. The van der Waals surface area contributed by atoms with Crippen molar-refractivity contribution in [2.24, 2.45) is 5.73 Å². The highest BCUT2D eigenvalue weighted by molar-refractivity contribution is 6.32. The van der Waals surface area contributed by atoms with Crippen molar-refractivity contribution in [2.75, 3.05) is 6.54 Å². The predicted octanol–water partition coefficient (Wildman–Crippen LogP) is 3.02. The van der Waals surface area contributed by atoms with Crippen LogP contribution in [0.1, 0.15) is 5.56 Å². The quantitative estimate of drug-likeness (QED) is 0.917. The summed E-state index contributed by atoms with van der Waals surface area (Å²) in [6, 6.07) is 6.92. The summed E-state index contributed by atoms with van der Waals surface area (Å²) in [6.45, 7) is -0.702. The van der Waals surface area contributed by atoms with Gasteiger partial charge in [-0.25, -0.2) is 8.78 Å². The standard InChI is InChI=1S/C12H11ClF2N2/c13-10-4-3-8-2-1-5-17-11(8)9(10)6-12(14,15)7-16/h1-5H,6-7,16H2. The molecule has 0 saturated carbocycles. The maximum atomic E-state index is 13.3. The van der Waals surface area contributed by atoms with Crippen LogP contribution < -0.4 is 5.73 Å². The van der Waals surface area contributed by atoms with Crippen molar-refractivity contribution in [1.82, 2.24) is 4.98 Å². The normalized spacial score (nSPS) is 12.0. The minimum Gasteiger partial charge on any atom is -0.325 e. The SMILES string of the molecule is NCC(F)(F)Cc1c(Cl)ccc2cccnc12. The zero-order valence-electron chi connectivity index (χ0n) is 8.96. The Hall–Kier alpha value is -1.26. The Labute approximate surface area is 102 Å². The van der Waals surface area contributed by atoms with Crippen LogP contribution in [-0.2, 0) is 6.42 Å². The van der Waals surface area contributed by atoms with Gasteiger partial charge in [0, 0.05) is 28.6 Å². The summed E-state index contributed by atoms with van der Waals surface area (Å²) < 4.78 is 26.7. The second kappa shape index (κ2) is 4.55. The number of halogens is 3. The molecule has 90 valence electrons. The van der Waals surface area contributed by atoms with Gasteiger partial charge in [0.2, 0.25) is 0 Å². The number of benzene rings is 1. The third-order valence-corrected chi connectivity index (χ3v) is 2.91. The Morgan fingerprint density at radius 2 is 2.06 bits per heavy atom. The highest BCUT2D eigenvalue weighted by atomic mass is 35.5. The van der Waals surface area contributed by atoms with Gasteiger partial charge in [-0.15, -0.1) is 0 Å². The molecule has 2 N–H and O–H groups in total. The summed E-state index contributed by atoms with van der Waals surface area (Å²) in [5, 5.41) is 1.09. The van der Waals surface area contributed by atoms with Gasteiger partial charge >= 0.3 is 0 Å². The van der Waals surface area contributed by atoms with Gasteiger partial charge in [0.25, 0.3) is 5.92 Å². The summed E-state index contributed by atoms with van der Waals surface area (Å²) in [5.74, 6) is -2.96. The molecule has 0 aliphatic heterocycles. The lowest BCUT2D eigenvalue weighted by molar-refractivity contribution is 0.0118. The molecule has 2 nitrogen and oxygen atoms in total. The first-order chi connectivity index (χ1) is 8.03. The summed E-state index contributed by atoms with van der Waals surface area (Å²) in [7, 11) is 0. The molecule has 0 radical (unpaired) electrons. The average molecular weight is 257 g/mol. The molecule has 0 bridgehead atoms. The van der Waals surface area contributed by atoms with E-state index in [-0.39, 0.29) is 0 Å². The van der Waals surface area contributed by atoms with Gasteiger partial charge < -0.3 is 5.73 Å². The second-order valence-corrected chi connectivity index (χ2v) is 4.25. The molecule has 5 heteroatoms. The summed E-state index contributed by atoms with van der Waals surface area (Å²) >= 11 is 5.95. The van der Waals surface area contributed by atoms with Crippen LogP contribution in [0.25, 0.3) is 10.9 Å². The number of rotatable bonds is 3. The van der Waals surface area contributed by atoms with Crippen LogP contribution in [0.15, 0.2) is 30.5 Å². The Morgan fingerprint density at radius 1 is 1.29 bits per heavy atom. The first-order valence-electron chi connectivity index (χ1n) is 5.13. The third kappa shape index (κ3) is 2.53. The van der Waals surface area contributed by atoms with E-state index in [1.807, 2.05) is 6.07 Å². The van der Waals surface area contributed by atoms with E-state index in [0.29, 0.717) is 16.1 Å². The lowest BCUT2D eigenvalue weighted by Crippen LogP contribution is -2.30. The highest BCUT2D eigenvalue weighted by Gasteiger charge is 2.29. The summed E-state index contributed by atoms with van der Waals surface area (Å²) in [5.41, 5.74) is 5.89. The molecule has 0 fully saturated rings. The van der Waals surface area contributed by atoms with Crippen LogP contribution in [0.4, 0.5) is 8.78 Å². The smallest absolute Gasteiger partial charge is 0.264 e. The molecule has 0 saturated heterocycles. The third-order valence-electron chi connectivity index (χ3n) is 2.56. The Morgan fingerprint density at radius 3 is 2.76 bits per heavy atom. The van der Waals surface area contributed by atoms with Crippen molar-refractivity contribution in [2.45, 2.75) is 12.3 Å². The van der Waals surface area contributed by atoms with E-state index < -0.39 is 18.9 Å². The van der Waals surface area contributed by atoms with Crippen molar-refractivity contribution < 1.29 is 8.78 Å². The zero-order valence-corrected chi connectivity index (χ0v) is 9.72. The minimum absolute atomic E-state index is 0.296. The summed E-state index contributed by atoms with van der Waals surface area (Å²) in [6.07, 6.45) is 1.07. The number of hydrogen-bond acceptors (Lipinski definition) is 2. The lowest BCUT2D eigenvalue weighted by Gasteiger charge is -2.15. The Kier molecular flexibility index (Phi) is 3.26. The van der Waals surface area contributed by atoms with Gasteiger partial charge in [0.1, 0.15) is 0 Å². The van der Waals surface area contributed by atoms with Crippen LogP contribution in [0, 0.1) is 0 Å². The highest BCUT2D eigenvalue weighted by Crippen LogP contribution is 2.29. The number of hydrogen-bond donors (Lipinski definition) is 1. The van der Waals surface area contributed by atoms with E-state index >= 15 is 0 Å². The van der Waals surface area contributed by atoms with Crippen molar-refractivity contribution in [1.29, 1.82) is 0 Å². The average Bonchev–Trinajstić information content (AvgIpc) is 2.33. The van der Waals surface area contributed by atoms with Crippen molar-refractivity contribution in [3.05, 3.63) is 41.0 Å². The van der Waals surface area contributed by atoms with Gasteiger partial charge in [0.05, 0.1) is 12.1 Å². The molecule has 0 spiro atoms. The molecule has 1 aromatic heterocycles. The number of pyridine rings is 1. The molecule has 0 unspecified atom stereocenters. The fraction of sp³-hybridized carbons (Fsp3) is 0.250. The number of nitrogens with two attached hydrogens (primary N) is 1. The van der Waals surface area contributed by atoms with E-state index in [1.165, 1.54) is 0 Å².